The van der Waals surface area contributed by atoms with Crippen LogP contribution in [0.2, 0.25) is 0 Å². The van der Waals surface area contributed by atoms with Gasteiger partial charge in [0.25, 0.3) is 0 Å². The van der Waals surface area contributed by atoms with Gasteiger partial charge < -0.3 is 11.1 Å². The Labute approximate surface area is 82.3 Å². The number of halogens is 1. The van der Waals surface area contributed by atoms with Crippen LogP contribution in [0.15, 0.2) is 18.2 Å². The molecule has 1 rings (SSSR count). The molecule has 0 saturated heterocycles. The highest BCUT2D eigenvalue weighted by Crippen LogP contribution is 2.14. The van der Waals surface area contributed by atoms with Gasteiger partial charge in [0.05, 0.1) is 17.3 Å². The minimum absolute atomic E-state index is 0.0370. The largest absolute Gasteiger partial charge is 0.381 e. The Morgan fingerprint density at radius 3 is 2.86 bits per heavy atom. The van der Waals surface area contributed by atoms with E-state index in [4.69, 9.17) is 11.0 Å². The maximum atomic E-state index is 13.2. The molecule has 3 N–H and O–H groups in total. The fraction of sp³-hybridized carbons (Fsp3) is 0.300. The highest BCUT2D eigenvalue weighted by Gasteiger charge is 2.03. The number of hydrogen-bond donors (Lipinski definition) is 2. The van der Waals surface area contributed by atoms with Gasteiger partial charge in [0.15, 0.2) is 0 Å². The zero-order valence-corrected chi connectivity index (χ0v) is 7.92. The third-order valence-electron chi connectivity index (χ3n) is 1.71. The summed E-state index contributed by atoms with van der Waals surface area (Å²) in [5, 5.41) is 11.4. The van der Waals surface area contributed by atoms with Gasteiger partial charge in [-0.25, -0.2) is 4.39 Å². The van der Waals surface area contributed by atoms with Crippen molar-refractivity contribution >= 4 is 5.69 Å². The van der Waals surface area contributed by atoms with Crippen molar-refractivity contribution in [3.8, 4) is 6.07 Å². The number of nitrogens with two attached hydrogens (primary N) is 1. The second-order valence-electron chi connectivity index (χ2n) is 3.16. The third kappa shape index (κ3) is 2.71. The quantitative estimate of drug-likeness (QED) is 0.763. The van der Waals surface area contributed by atoms with Gasteiger partial charge in [0.2, 0.25) is 0 Å². The Kier molecular flexibility index (Phi) is 3.43. The summed E-state index contributed by atoms with van der Waals surface area (Å²) in [5.74, 6) is -0.426. The number of anilines is 1. The molecule has 0 spiro atoms. The molecule has 0 aliphatic carbocycles. The van der Waals surface area contributed by atoms with Gasteiger partial charge in [-0.2, -0.15) is 5.26 Å². The van der Waals surface area contributed by atoms with Crippen molar-refractivity contribution in [3.05, 3.63) is 29.6 Å². The molecule has 0 aliphatic heterocycles. The zero-order chi connectivity index (χ0) is 10.6. The number of nitrogens with zero attached hydrogens (tertiary/aromatic N) is 1. The van der Waals surface area contributed by atoms with Crippen LogP contribution in [0.25, 0.3) is 0 Å². The van der Waals surface area contributed by atoms with Crippen molar-refractivity contribution in [1.82, 2.24) is 0 Å². The molecule has 0 fully saturated rings. The molecule has 0 heterocycles. The summed E-state index contributed by atoms with van der Waals surface area (Å²) in [6.07, 6.45) is 0. The molecule has 14 heavy (non-hydrogen) atoms. The third-order valence-corrected chi connectivity index (χ3v) is 1.71. The van der Waals surface area contributed by atoms with Crippen LogP contribution in [-0.2, 0) is 0 Å². The van der Waals surface area contributed by atoms with E-state index in [2.05, 4.69) is 5.32 Å². The molecule has 0 aliphatic rings. The van der Waals surface area contributed by atoms with Crippen LogP contribution in [-0.4, -0.2) is 12.6 Å². The number of rotatable bonds is 3. The van der Waals surface area contributed by atoms with E-state index in [1.165, 1.54) is 12.1 Å². The molecule has 3 nitrogen and oxygen atoms in total. The molecule has 1 aromatic rings. The summed E-state index contributed by atoms with van der Waals surface area (Å²) >= 11 is 0. The van der Waals surface area contributed by atoms with Gasteiger partial charge in [-0.3, -0.25) is 0 Å². The van der Waals surface area contributed by atoms with Crippen molar-refractivity contribution in [2.75, 3.05) is 11.9 Å². The van der Waals surface area contributed by atoms with E-state index < -0.39 is 5.82 Å². The first-order valence-corrected chi connectivity index (χ1v) is 4.32. The Hall–Kier alpha value is -1.60. The summed E-state index contributed by atoms with van der Waals surface area (Å²) in [7, 11) is 0. The molecular formula is C10H12FN3. The second kappa shape index (κ2) is 4.58. The SMILES string of the molecule is CC(N)CNc1ccc(C#N)cc1F. The zero-order valence-electron chi connectivity index (χ0n) is 7.92. The van der Waals surface area contributed by atoms with Crippen LogP contribution in [0.5, 0.6) is 0 Å². The highest BCUT2D eigenvalue weighted by molar-refractivity contribution is 5.48. The Bertz CT molecular complexity index is 355. The Balaban J connectivity index is 2.75. The van der Waals surface area contributed by atoms with Crippen molar-refractivity contribution in [3.63, 3.8) is 0 Å². The van der Waals surface area contributed by atoms with Gasteiger partial charge in [-0.15, -0.1) is 0 Å². The smallest absolute Gasteiger partial charge is 0.147 e. The minimum atomic E-state index is -0.426. The fourth-order valence-corrected chi connectivity index (χ4v) is 0.999. The Morgan fingerprint density at radius 2 is 2.36 bits per heavy atom. The summed E-state index contributed by atoms with van der Waals surface area (Å²) in [5.41, 5.74) is 6.20. The standard InChI is InChI=1S/C10H12FN3/c1-7(13)6-14-10-3-2-8(5-12)4-9(10)11/h2-4,7,14H,6,13H2,1H3. The topological polar surface area (TPSA) is 61.8 Å². The molecular weight excluding hydrogens is 181 g/mol. The fourth-order valence-electron chi connectivity index (χ4n) is 0.999. The number of nitrogens with one attached hydrogen (secondary N) is 1. The second-order valence-corrected chi connectivity index (χ2v) is 3.16. The summed E-state index contributed by atoms with van der Waals surface area (Å²) in [4.78, 5) is 0. The van der Waals surface area contributed by atoms with E-state index >= 15 is 0 Å². The van der Waals surface area contributed by atoms with Gasteiger partial charge in [-0.05, 0) is 25.1 Å². The minimum Gasteiger partial charge on any atom is -0.381 e. The lowest BCUT2D eigenvalue weighted by atomic mass is 10.2. The van der Waals surface area contributed by atoms with E-state index in [0.717, 1.165) is 0 Å². The number of benzene rings is 1. The van der Waals surface area contributed by atoms with Crippen LogP contribution < -0.4 is 11.1 Å². The lowest BCUT2D eigenvalue weighted by molar-refractivity contribution is 0.628. The molecule has 0 radical (unpaired) electrons. The highest BCUT2D eigenvalue weighted by atomic mass is 19.1. The summed E-state index contributed by atoms with van der Waals surface area (Å²) in [6.45, 7) is 2.33. The van der Waals surface area contributed by atoms with Gasteiger partial charge in [0.1, 0.15) is 5.82 Å². The summed E-state index contributed by atoms with van der Waals surface area (Å²) < 4.78 is 13.2. The van der Waals surface area contributed by atoms with Crippen molar-refractivity contribution in [1.29, 1.82) is 5.26 Å². The molecule has 1 aromatic carbocycles. The van der Waals surface area contributed by atoms with E-state index in [1.807, 2.05) is 13.0 Å². The lowest BCUT2D eigenvalue weighted by Gasteiger charge is -2.09. The molecule has 0 amide bonds. The van der Waals surface area contributed by atoms with E-state index in [9.17, 15) is 4.39 Å². The molecule has 0 bridgehead atoms. The maximum Gasteiger partial charge on any atom is 0.147 e. The van der Waals surface area contributed by atoms with Crippen LogP contribution in [0, 0.1) is 17.1 Å². The first-order valence-electron chi connectivity index (χ1n) is 4.32. The normalized spacial score (nSPS) is 11.9. The predicted octanol–water partition coefficient (Wildman–Crippen LogP) is 1.46. The first-order chi connectivity index (χ1) is 6.63. The van der Waals surface area contributed by atoms with E-state index in [1.54, 1.807) is 6.07 Å². The van der Waals surface area contributed by atoms with Crippen molar-refractivity contribution in [2.24, 2.45) is 5.73 Å². The predicted molar refractivity (Wildman–Crippen MR) is 53.3 cm³/mol. The van der Waals surface area contributed by atoms with Crippen molar-refractivity contribution < 1.29 is 4.39 Å². The van der Waals surface area contributed by atoms with Crippen LogP contribution in [0.4, 0.5) is 10.1 Å². The average Bonchev–Trinajstić information content (AvgIpc) is 2.15. The first kappa shape index (κ1) is 10.5. The monoisotopic (exact) mass is 193 g/mol. The van der Waals surface area contributed by atoms with Crippen molar-refractivity contribution in [2.45, 2.75) is 13.0 Å². The van der Waals surface area contributed by atoms with Gasteiger partial charge in [0, 0.05) is 12.6 Å². The summed E-state index contributed by atoms with van der Waals surface area (Å²) in [6, 6.07) is 6.13. The number of nitriles is 1. The molecule has 0 aromatic heterocycles. The van der Waals surface area contributed by atoms with Crippen LogP contribution in [0.1, 0.15) is 12.5 Å². The lowest BCUT2D eigenvalue weighted by Crippen LogP contribution is -2.25. The molecule has 74 valence electrons. The molecule has 4 heteroatoms. The maximum absolute atomic E-state index is 13.2. The van der Waals surface area contributed by atoms with E-state index in [-0.39, 0.29) is 6.04 Å². The molecule has 0 saturated carbocycles. The van der Waals surface area contributed by atoms with Gasteiger partial charge in [-0.1, -0.05) is 0 Å². The van der Waals surface area contributed by atoms with E-state index in [0.29, 0.717) is 17.8 Å². The van der Waals surface area contributed by atoms with Crippen LogP contribution in [0.3, 0.4) is 0 Å². The Morgan fingerprint density at radius 1 is 1.64 bits per heavy atom. The molecule has 1 atom stereocenters. The van der Waals surface area contributed by atoms with Gasteiger partial charge >= 0.3 is 0 Å². The molecule has 1 unspecified atom stereocenters. The van der Waals surface area contributed by atoms with Crippen LogP contribution >= 0.6 is 0 Å². The average molecular weight is 193 g/mol. The number of hydrogen-bond acceptors (Lipinski definition) is 3.